The van der Waals surface area contributed by atoms with Crippen molar-refractivity contribution in [3.05, 3.63) is 106 Å². The first-order valence-electron chi connectivity index (χ1n) is 14.5. The Morgan fingerprint density at radius 2 is 1.74 bits per heavy atom. The minimum absolute atomic E-state index is 0.180. The SMILES string of the molecule is Cc1cc(C)n(CCN(C(=O)c2ccc(S(=O)(=O)N3CCc4ccccc4C3)cc2)c2nc3c(C(C)C)cccc3s2)n1. The molecule has 0 aliphatic carbocycles. The van der Waals surface area contributed by atoms with E-state index >= 15 is 0 Å². The zero-order valence-corrected chi connectivity index (χ0v) is 26.5. The van der Waals surface area contributed by atoms with Crippen LogP contribution < -0.4 is 4.90 Å². The summed E-state index contributed by atoms with van der Waals surface area (Å²) in [5.41, 5.74) is 6.60. The number of carbonyl (C=O) groups excluding carboxylic acids is 1. The van der Waals surface area contributed by atoms with Gasteiger partial charge in [0, 0.05) is 30.9 Å². The summed E-state index contributed by atoms with van der Waals surface area (Å²) in [4.78, 5) is 20.9. The standard InChI is InChI=1S/C33H35N5O3S2/c1-22(2)29-10-7-11-30-31(29)34-33(42-30)37(18-19-38-24(4)20-23(3)35-38)32(39)26-12-14-28(15-13-26)43(40,41)36-17-16-25-8-5-6-9-27(25)21-36/h5-15,20,22H,16-19,21H2,1-4H3. The number of fused-ring (bicyclic) bond motifs is 2. The van der Waals surface area contributed by atoms with Crippen LogP contribution in [0, 0.1) is 13.8 Å². The van der Waals surface area contributed by atoms with Gasteiger partial charge in [0.05, 0.1) is 27.4 Å². The van der Waals surface area contributed by atoms with E-state index in [9.17, 15) is 13.2 Å². The lowest BCUT2D eigenvalue weighted by atomic mass is 10.0. The van der Waals surface area contributed by atoms with Crippen LogP contribution in [0.2, 0.25) is 0 Å². The van der Waals surface area contributed by atoms with Crippen molar-refractivity contribution in [1.29, 1.82) is 0 Å². The second-order valence-electron chi connectivity index (χ2n) is 11.3. The zero-order valence-electron chi connectivity index (χ0n) is 24.8. The lowest BCUT2D eigenvalue weighted by Crippen LogP contribution is -2.36. The summed E-state index contributed by atoms with van der Waals surface area (Å²) in [6.07, 6.45) is 0.677. The van der Waals surface area contributed by atoms with Gasteiger partial charge in [-0.2, -0.15) is 9.40 Å². The highest BCUT2D eigenvalue weighted by Crippen LogP contribution is 2.34. The molecular weight excluding hydrogens is 579 g/mol. The summed E-state index contributed by atoms with van der Waals surface area (Å²) in [6.45, 7) is 9.86. The van der Waals surface area contributed by atoms with Gasteiger partial charge in [0.25, 0.3) is 5.91 Å². The second-order valence-corrected chi connectivity index (χ2v) is 14.3. The topological polar surface area (TPSA) is 88.4 Å². The zero-order chi connectivity index (χ0) is 30.3. The van der Waals surface area contributed by atoms with E-state index in [0.717, 1.165) is 32.7 Å². The molecule has 0 saturated heterocycles. The van der Waals surface area contributed by atoms with Crippen LogP contribution in [-0.4, -0.2) is 46.5 Å². The molecule has 1 amide bonds. The van der Waals surface area contributed by atoms with E-state index in [1.54, 1.807) is 17.0 Å². The third-order valence-electron chi connectivity index (χ3n) is 8.01. The van der Waals surface area contributed by atoms with Gasteiger partial charge in [0.15, 0.2) is 5.13 Å². The van der Waals surface area contributed by atoms with Crippen LogP contribution in [0.1, 0.15) is 58.2 Å². The van der Waals surface area contributed by atoms with Crippen LogP contribution in [-0.2, 0) is 29.5 Å². The highest BCUT2D eigenvalue weighted by atomic mass is 32.2. The van der Waals surface area contributed by atoms with Gasteiger partial charge in [0.2, 0.25) is 10.0 Å². The largest absolute Gasteiger partial charge is 0.282 e. The number of aryl methyl sites for hydroxylation is 2. The van der Waals surface area contributed by atoms with Gasteiger partial charge >= 0.3 is 0 Å². The third-order valence-corrected chi connectivity index (χ3v) is 10.9. The Balaban J connectivity index is 1.30. The first-order valence-corrected chi connectivity index (χ1v) is 16.8. The van der Waals surface area contributed by atoms with Crippen LogP contribution in [0.15, 0.2) is 77.7 Å². The monoisotopic (exact) mass is 613 g/mol. The normalized spacial score (nSPS) is 13.9. The number of hydrogen-bond donors (Lipinski definition) is 0. The molecule has 3 aromatic carbocycles. The third kappa shape index (κ3) is 5.74. The summed E-state index contributed by atoms with van der Waals surface area (Å²) in [5, 5.41) is 5.19. The molecule has 0 radical (unpaired) electrons. The number of carbonyl (C=O) groups is 1. The molecule has 8 nitrogen and oxygen atoms in total. The van der Waals surface area contributed by atoms with Crippen molar-refractivity contribution in [1.82, 2.24) is 19.1 Å². The van der Waals surface area contributed by atoms with E-state index in [1.165, 1.54) is 33.3 Å². The van der Waals surface area contributed by atoms with E-state index in [4.69, 9.17) is 4.98 Å². The molecule has 0 spiro atoms. The summed E-state index contributed by atoms with van der Waals surface area (Å²) >= 11 is 1.49. The molecule has 0 bridgehead atoms. The molecule has 1 aliphatic rings. The molecule has 0 N–H and O–H groups in total. The average molecular weight is 614 g/mol. The molecule has 3 heterocycles. The van der Waals surface area contributed by atoms with Crippen molar-refractivity contribution >= 4 is 42.6 Å². The molecule has 222 valence electrons. The number of benzene rings is 3. The number of thiazole rings is 1. The number of para-hydroxylation sites is 1. The molecule has 0 atom stereocenters. The van der Waals surface area contributed by atoms with E-state index in [-0.39, 0.29) is 10.8 Å². The Hall–Kier alpha value is -3.86. The van der Waals surface area contributed by atoms with Crippen molar-refractivity contribution in [3.63, 3.8) is 0 Å². The van der Waals surface area contributed by atoms with Crippen molar-refractivity contribution in [3.8, 4) is 0 Å². The lowest BCUT2D eigenvalue weighted by molar-refractivity contribution is 0.0985. The van der Waals surface area contributed by atoms with E-state index in [2.05, 4.69) is 31.1 Å². The van der Waals surface area contributed by atoms with Gasteiger partial charge in [-0.05, 0) is 79.3 Å². The molecule has 1 aliphatic heterocycles. The Kier molecular flexibility index (Phi) is 7.93. The number of hydrogen-bond acceptors (Lipinski definition) is 6. The molecule has 0 unspecified atom stereocenters. The van der Waals surface area contributed by atoms with Crippen LogP contribution in [0.5, 0.6) is 0 Å². The number of nitrogens with zero attached hydrogens (tertiary/aromatic N) is 5. The first-order chi connectivity index (χ1) is 20.6. The Morgan fingerprint density at radius 1 is 1.00 bits per heavy atom. The summed E-state index contributed by atoms with van der Waals surface area (Å²) < 4.78 is 31.5. The van der Waals surface area contributed by atoms with Crippen LogP contribution >= 0.6 is 11.3 Å². The molecule has 10 heteroatoms. The number of sulfonamides is 1. The Labute approximate surface area is 256 Å². The van der Waals surface area contributed by atoms with E-state index in [0.29, 0.717) is 49.2 Å². The van der Waals surface area contributed by atoms with Crippen LogP contribution in [0.4, 0.5) is 5.13 Å². The maximum atomic E-state index is 14.1. The van der Waals surface area contributed by atoms with Gasteiger partial charge in [-0.15, -0.1) is 0 Å². The number of anilines is 1. The minimum Gasteiger partial charge on any atom is -0.282 e. The lowest BCUT2D eigenvalue weighted by Gasteiger charge is -2.28. The van der Waals surface area contributed by atoms with E-state index < -0.39 is 10.0 Å². The molecule has 2 aromatic heterocycles. The maximum Gasteiger partial charge on any atom is 0.260 e. The van der Waals surface area contributed by atoms with Crippen LogP contribution in [0.25, 0.3) is 10.2 Å². The van der Waals surface area contributed by atoms with Crippen molar-refractivity contribution in [2.75, 3.05) is 18.0 Å². The predicted octanol–water partition coefficient (Wildman–Crippen LogP) is 6.33. The molecular formula is C33H35N5O3S2. The van der Waals surface area contributed by atoms with Gasteiger partial charge in [0.1, 0.15) is 0 Å². The fourth-order valence-electron chi connectivity index (χ4n) is 5.67. The van der Waals surface area contributed by atoms with E-state index in [1.807, 2.05) is 54.9 Å². The molecule has 6 rings (SSSR count). The fraction of sp³-hybridized carbons (Fsp3) is 0.303. The van der Waals surface area contributed by atoms with Crippen molar-refractivity contribution in [2.24, 2.45) is 0 Å². The molecule has 0 saturated carbocycles. The van der Waals surface area contributed by atoms with Gasteiger partial charge in [-0.25, -0.2) is 13.4 Å². The average Bonchev–Trinajstić information content (AvgIpc) is 3.58. The fourth-order valence-corrected chi connectivity index (χ4v) is 8.11. The number of aromatic nitrogens is 3. The number of rotatable bonds is 8. The smallest absolute Gasteiger partial charge is 0.260 e. The number of amides is 1. The minimum atomic E-state index is -3.71. The van der Waals surface area contributed by atoms with Gasteiger partial charge in [-0.3, -0.25) is 14.4 Å². The van der Waals surface area contributed by atoms with Gasteiger partial charge in [-0.1, -0.05) is 61.6 Å². The Morgan fingerprint density at radius 3 is 2.44 bits per heavy atom. The molecule has 5 aromatic rings. The quantitative estimate of drug-likeness (QED) is 0.204. The van der Waals surface area contributed by atoms with Crippen molar-refractivity contribution < 1.29 is 13.2 Å². The summed E-state index contributed by atoms with van der Waals surface area (Å²) in [5.74, 6) is 0.0582. The molecule has 43 heavy (non-hydrogen) atoms. The Bertz CT molecular complexity index is 1910. The predicted molar refractivity (Wildman–Crippen MR) is 171 cm³/mol. The highest BCUT2D eigenvalue weighted by Gasteiger charge is 2.29. The summed E-state index contributed by atoms with van der Waals surface area (Å²) in [7, 11) is -3.71. The maximum absolute atomic E-state index is 14.1. The highest BCUT2D eigenvalue weighted by molar-refractivity contribution is 7.89. The summed E-state index contributed by atoms with van der Waals surface area (Å²) in [6, 6.07) is 22.4. The van der Waals surface area contributed by atoms with Crippen LogP contribution in [0.3, 0.4) is 0 Å². The molecule has 0 fully saturated rings. The van der Waals surface area contributed by atoms with Gasteiger partial charge < -0.3 is 0 Å². The first kappa shape index (κ1) is 29.2. The second kappa shape index (κ2) is 11.7. The van der Waals surface area contributed by atoms with Crippen molar-refractivity contribution in [2.45, 2.75) is 58.0 Å².